The number of hydrogen-bond acceptors (Lipinski definition) is 2. The molecule has 1 heterocycles. The first kappa shape index (κ1) is 10.5. The van der Waals surface area contributed by atoms with E-state index in [1.54, 1.807) is 0 Å². The van der Waals surface area contributed by atoms with Crippen molar-refractivity contribution >= 4 is 6.34 Å². The van der Waals surface area contributed by atoms with Crippen molar-refractivity contribution in [2.24, 2.45) is 0 Å². The average Bonchev–Trinajstić information content (AvgIpc) is 2.31. The summed E-state index contributed by atoms with van der Waals surface area (Å²) in [7, 11) is 0. The summed E-state index contributed by atoms with van der Waals surface area (Å²) in [5, 5.41) is 9.62. The summed E-state index contributed by atoms with van der Waals surface area (Å²) in [6, 6.07) is 0.562. The molecule has 3 heteroatoms. The lowest BCUT2D eigenvalue weighted by Crippen LogP contribution is -2.32. The number of rotatable bonds is 3. The predicted octanol–water partition coefficient (Wildman–Crippen LogP) is 0.522. The van der Waals surface area contributed by atoms with E-state index in [1.807, 2.05) is 13.8 Å². The van der Waals surface area contributed by atoms with Crippen LogP contribution in [0.5, 0.6) is 0 Å². The molecule has 0 bridgehead atoms. The lowest BCUT2D eigenvalue weighted by atomic mass is 10.1. The van der Waals surface area contributed by atoms with Crippen LogP contribution in [0, 0.1) is 0 Å². The van der Waals surface area contributed by atoms with Crippen LogP contribution in [0.25, 0.3) is 0 Å². The first-order valence-electron chi connectivity index (χ1n) is 4.96. The van der Waals surface area contributed by atoms with Crippen molar-refractivity contribution in [1.29, 1.82) is 0 Å². The Balaban J connectivity index is 2.50. The van der Waals surface area contributed by atoms with Crippen molar-refractivity contribution < 1.29 is 9.68 Å². The van der Waals surface area contributed by atoms with Crippen LogP contribution in [-0.4, -0.2) is 52.2 Å². The highest BCUT2D eigenvalue weighted by Gasteiger charge is 2.25. The molecule has 3 nitrogen and oxygen atoms in total. The summed E-state index contributed by atoms with van der Waals surface area (Å²) in [6.45, 7) is 10.9. The van der Waals surface area contributed by atoms with Crippen LogP contribution in [0.3, 0.4) is 0 Å². The van der Waals surface area contributed by atoms with E-state index in [1.165, 1.54) is 0 Å². The van der Waals surface area contributed by atoms with Crippen molar-refractivity contribution in [3.8, 4) is 0 Å². The van der Waals surface area contributed by atoms with E-state index in [0.717, 1.165) is 19.6 Å². The summed E-state index contributed by atoms with van der Waals surface area (Å²) in [5.74, 6) is 0. The fraction of sp³-hybridized carbons (Fsp3) is 0.900. The Morgan fingerprint density at radius 1 is 1.54 bits per heavy atom. The molecule has 0 amide bonds. The van der Waals surface area contributed by atoms with Crippen molar-refractivity contribution in [2.45, 2.75) is 39.3 Å². The highest BCUT2D eigenvalue weighted by atomic mass is 16.3. The molecule has 0 unspecified atom stereocenters. The van der Waals surface area contributed by atoms with Crippen molar-refractivity contribution in [3.63, 3.8) is 0 Å². The largest absolute Gasteiger partial charge is 0.386 e. The molecule has 1 rings (SSSR count). The third-order valence-electron chi connectivity index (χ3n) is 2.21. The molecular formula is C10H21N2O+. The number of β-amino-alcohol motifs (C(OH)–C–C–N with tert-alkyl or cyclic N) is 1. The summed E-state index contributed by atoms with van der Waals surface area (Å²) < 4.78 is 2.18. The molecule has 0 radical (unpaired) electrons. The Morgan fingerprint density at radius 3 is 2.54 bits per heavy atom. The van der Waals surface area contributed by atoms with Gasteiger partial charge in [0.1, 0.15) is 19.6 Å². The number of aliphatic hydroxyl groups is 1. The molecule has 0 fully saturated rings. The van der Waals surface area contributed by atoms with Crippen molar-refractivity contribution in [3.05, 3.63) is 0 Å². The van der Waals surface area contributed by atoms with Crippen LogP contribution < -0.4 is 0 Å². The lowest BCUT2D eigenvalue weighted by molar-refractivity contribution is -0.530. The van der Waals surface area contributed by atoms with Gasteiger partial charge in [-0.05, 0) is 27.7 Å². The maximum Gasteiger partial charge on any atom is 0.234 e. The molecule has 0 atom stereocenters. The molecule has 76 valence electrons. The van der Waals surface area contributed by atoms with Gasteiger partial charge in [0.15, 0.2) is 0 Å². The van der Waals surface area contributed by atoms with Gasteiger partial charge in [-0.15, -0.1) is 0 Å². The van der Waals surface area contributed by atoms with E-state index in [9.17, 15) is 5.11 Å². The SMILES string of the molecule is CC(C)N1C=[N+](CC(C)(C)O)CC1. The van der Waals surface area contributed by atoms with Crippen LogP contribution in [0.4, 0.5) is 0 Å². The van der Waals surface area contributed by atoms with Gasteiger partial charge in [0.05, 0.1) is 11.6 Å². The summed E-state index contributed by atoms with van der Waals surface area (Å²) in [4.78, 5) is 2.30. The molecule has 13 heavy (non-hydrogen) atoms. The smallest absolute Gasteiger partial charge is 0.234 e. The fourth-order valence-corrected chi connectivity index (χ4v) is 1.58. The number of hydrogen-bond donors (Lipinski definition) is 1. The van der Waals surface area contributed by atoms with Crippen LogP contribution >= 0.6 is 0 Å². The van der Waals surface area contributed by atoms with Crippen LogP contribution in [-0.2, 0) is 0 Å². The molecular weight excluding hydrogens is 164 g/mol. The summed E-state index contributed by atoms with van der Waals surface area (Å²) >= 11 is 0. The van der Waals surface area contributed by atoms with E-state index in [4.69, 9.17) is 0 Å². The molecule has 0 saturated carbocycles. The van der Waals surface area contributed by atoms with Gasteiger partial charge >= 0.3 is 0 Å². The van der Waals surface area contributed by atoms with E-state index in [0.29, 0.717) is 6.04 Å². The maximum absolute atomic E-state index is 9.62. The molecule has 0 spiro atoms. The van der Waals surface area contributed by atoms with Crippen molar-refractivity contribution in [2.75, 3.05) is 19.6 Å². The normalized spacial score (nSPS) is 18.3. The molecule has 0 aromatic carbocycles. The minimum Gasteiger partial charge on any atom is -0.386 e. The molecule has 0 aliphatic carbocycles. The first-order chi connectivity index (χ1) is 5.88. The van der Waals surface area contributed by atoms with Gasteiger partial charge in [0, 0.05) is 0 Å². The molecule has 0 saturated heterocycles. The van der Waals surface area contributed by atoms with Crippen LogP contribution in [0.15, 0.2) is 0 Å². The van der Waals surface area contributed by atoms with Gasteiger partial charge in [-0.3, -0.25) is 9.48 Å². The Labute approximate surface area is 80.7 Å². The molecule has 1 N–H and O–H groups in total. The van der Waals surface area contributed by atoms with E-state index in [-0.39, 0.29) is 0 Å². The van der Waals surface area contributed by atoms with Gasteiger partial charge in [-0.2, -0.15) is 0 Å². The Morgan fingerprint density at radius 2 is 2.15 bits per heavy atom. The minimum absolute atomic E-state index is 0.562. The zero-order chi connectivity index (χ0) is 10.1. The second kappa shape index (κ2) is 3.66. The lowest BCUT2D eigenvalue weighted by Gasteiger charge is -2.15. The minimum atomic E-state index is -0.594. The highest BCUT2D eigenvalue weighted by molar-refractivity contribution is 5.50. The maximum atomic E-state index is 9.62. The van der Waals surface area contributed by atoms with Gasteiger partial charge in [-0.1, -0.05) is 0 Å². The van der Waals surface area contributed by atoms with Gasteiger partial charge in [0.2, 0.25) is 6.34 Å². The third-order valence-corrected chi connectivity index (χ3v) is 2.21. The Kier molecular flexibility index (Phi) is 2.96. The molecule has 1 aliphatic heterocycles. The molecule has 0 aromatic heterocycles. The second-order valence-corrected chi connectivity index (χ2v) is 4.73. The second-order valence-electron chi connectivity index (χ2n) is 4.73. The first-order valence-corrected chi connectivity index (χ1v) is 4.96. The van der Waals surface area contributed by atoms with E-state index < -0.39 is 5.60 Å². The van der Waals surface area contributed by atoms with Crippen LogP contribution in [0.2, 0.25) is 0 Å². The summed E-state index contributed by atoms with van der Waals surface area (Å²) in [6.07, 6.45) is 2.13. The molecule has 1 aliphatic rings. The monoisotopic (exact) mass is 185 g/mol. The highest BCUT2D eigenvalue weighted by Crippen LogP contribution is 2.05. The van der Waals surface area contributed by atoms with Crippen molar-refractivity contribution in [1.82, 2.24) is 4.90 Å². The predicted molar refractivity (Wildman–Crippen MR) is 54.2 cm³/mol. The zero-order valence-corrected chi connectivity index (χ0v) is 9.12. The molecule has 0 aromatic rings. The average molecular weight is 185 g/mol. The third kappa shape index (κ3) is 3.35. The standard InChI is InChI=1S/C10H21N2O/c1-9(2)12-6-5-11(8-12)7-10(3,4)13/h8-9,13H,5-7H2,1-4H3/q+1. The van der Waals surface area contributed by atoms with Gasteiger partial charge in [-0.25, -0.2) is 0 Å². The van der Waals surface area contributed by atoms with E-state index >= 15 is 0 Å². The number of nitrogens with zero attached hydrogens (tertiary/aromatic N) is 2. The van der Waals surface area contributed by atoms with Gasteiger partial charge < -0.3 is 5.11 Å². The summed E-state index contributed by atoms with van der Waals surface area (Å²) in [5.41, 5.74) is -0.594. The topological polar surface area (TPSA) is 26.5 Å². The fourth-order valence-electron chi connectivity index (χ4n) is 1.58. The Bertz CT molecular complexity index is 203. The van der Waals surface area contributed by atoms with Gasteiger partial charge in [0.25, 0.3) is 0 Å². The quantitative estimate of drug-likeness (QED) is 0.649. The Hall–Kier alpha value is -0.570. The zero-order valence-electron chi connectivity index (χ0n) is 9.12. The van der Waals surface area contributed by atoms with E-state index in [2.05, 4.69) is 29.7 Å². The van der Waals surface area contributed by atoms with Crippen LogP contribution in [0.1, 0.15) is 27.7 Å².